The number of aromatic nitrogens is 2. The first kappa shape index (κ1) is 14.6. The maximum absolute atomic E-state index is 11.4. The highest BCUT2D eigenvalue weighted by atomic mass is 16.5. The Morgan fingerprint density at radius 2 is 2.18 bits per heavy atom. The topological polar surface area (TPSA) is 64.3 Å². The summed E-state index contributed by atoms with van der Waals surface area (Å²) in [7, 11) is 0. The molecule has 1 fully saturated rings. The van der Waals surface area contributed by atoms with Crippen molar-refractivity contribution >= 4 is 5.97 Å². The fourth-order valence-corrected chi connectivity index (χ4v) is 2.97. The number of aliphatic carboxylic acids is 1. The van der Waals surface area contributed by atoms with Crippen LogP contribution in [0.3, 0.4) is 0 Å². The van der Waals surface area contributed by atoms with Crippen LogP contribution in [0.2, 0.25) is 0 Å². The van der Waals surface area contributed by atoms with Gasteiger partial charge in [0.1, 0.15) is 5.69 Å². The van der Waals surface area contributed by atoms with E-state index in [4.69, 9.17) is 4.74 Å². The van der Waals surface area contributed by atoms with Gasteiger partial charge < -0.3 is 9.84 Å². The van der Waals surface area contributed by atoms with Crippen LogP contribution in [0.5, 0.6) is 5.75 Å². The van der Waals surface area contributed by atoms with Crippen molar-refractivity contribution in [1.82, 2.24) is 9.78 Å². The summed E-state index contributed by atoms with van der Waals surface area (Å²) in [6.07, 6.45) is 2.49. The highest BCUT2D eigenvalue weighted by molar-refractivity contribution is 5.77. The van der Waals surface area contributed by atoms with Crippen LogP contribution in [0.4, 0.5) is 0 Å². The highest BCUT2D eigenvalue weighted by Crippen LogP contribution is 2.54. The third-order valence-corrected chi connectivity index (χ3v) is 4.43. The first-order valence-electron chi connectivity index (χ1n) is 7.52. The molecule has 2 aromatic rings. The lowest BCUT2D eigenvalue weighted by molar-refractivity contribution is -0.139. The number of carboxylic acids is 1. The molecule has 5 nitrogen and oxygen atoms in total. The molecule has 116 valence electrons. The van der Waals surface area contributed by atoms with Crippen molar-refractivity contribution in [3.05, 3.63) is 47.8 Å². The summed E-state index contributed by atoms with van der Waals surface area (Å²) in [5.74, 6) is -0.405. The zero-order valence-corrected chi connectivity index (χ0v) is 12.8. The van der Waals surface area contributed by atoms with E-state index in [0.717, 1.165) is 23.6 Å². The van der Waals surface area contributed by atoms with Gasteiger partial charge in [-0.25, -0.2) is 0 Å². The van der Waals surface area contributed by atoms with Gasteiger partial charge in [-0.15, -0.1) is 0 Å². The lowest BCUT2D eigenvalue weighted by atomic mass is 9.94. The molecule has 0 radical (unpaired) electrons. The molecule has 5 heteroatoms. The number of carbonyl (C=O) groups is 1. The van der Waals surface area contributed by atoms with Crippen LogP contribution < -0.4 is 4.74 Å². The van der Waals surface area contributed by atoms with Gasteiger partial charge in [0.15, 0.2) is 5.75 Å². The third-order valence-electron chi connectivity index (χ3n) is 4.43. The van der Waals surface area contributed by atoms with Crippen LogP contribution in [-0.2, 0) is 16.8 Å². The number of rotatable bonds is 6. The van der Waals surface area contributed by atoms with Crippen LogP contribution in [-0.4, -0.2) is 27.5 Å². The van der Waals surface area contributed by atoms with E-state index in [9.17, 15) is 9.90 Å². The Labute approximate surface area is 129 Å². The van der Waals surface area contributed by atoms with Crippen molar-refractivity contribution in [2.24, 2.45) is 5.92 Å². The third kappa shape index (κ3) is 2.47. The largest absolute Gasteiger partial charge is 0.489 e. The standard InChI is InChI=1S/C17H20N2O3/c1-3-19-10-15(12(2)18-19)22-11-17(9-14(17)16(20)21)13-7-5-4-6-8-13/h4-8,10,14H,3,9,11H2,1-2H3,(H,20,21)/t14-,17+/m0/s1. The highest BCUT2D eigenvalue weighted by Gasteiger charge is 2.60. The van der Waals surface area contributed by atoms with Crippen LogP contribution in [0, 0.1) is 12.8 Å². The molecule has 1 aromatic heterocycles. The molecule has 0 amide bonds. The second kappa shape index (κ2) is 5.48. The molecule has 1 N–H and O–H groups in total. The van der Waals surface area contributed by atoms with Crippen molar-refractivity contribution in [1.29, 1.82) is 0 Å². The number of hydrogen-bond acceptors (Lipinski definition) is 3. The summed E-state index contributed by atoms with van der Waals surface area (Å²) in [6, 6.07) is 9.78. The molecule has 1 heterocycles. The lowest BCUT2D eigenvalue weighted by Crippen LogP contribution is -2.23. The minimum absolute atomic E-state index is 0.365. The van der Waals surface area contributed by atoms with Crippen molar-refractivity contribution in [2.75, 3.05) is 6.61 Å². The van der Waals surface area contributed by atoms with Crippen LogP contribution >= 0.6 is 0 Å². The van der Waals surface area contributed by atoms with E-state index in [0.29, 0.717) is 13.0 Å². The van der Waals surface area contributed by atoms with E-state index < -0.39 is 11.4 Å². The van der Waals surface area contributed by atoms with Crippen molar-refractivity contribution < 1.29 is 14.6 Å². The first-order chi connectivity index (χ1) is 10.6. The predicted octanol–water partition coefficient (Wildman–Crippen LogP) is 2.63. The van der Waals surface area contributed by atoms with Crippen molar-refractivity contribution in [3.8, 4) is 5.75 Å². The monoisotopic (exact) mass is 300 g/mol. The second-order valence-corrected chi connectivity index (χ2v) is 5.84. The molecular weight excluding hydrogens is 280 g/mol. The first-order valence-corrected chi connectivity index (χ1v) is 7.52. The molecule has 0 aliphatic heterocycles. The van der Waals surface area contributed by atoms with E-state index >= 15 is 0 Å². The van der Waals surface area contributed by atoms with Crippen LogP contribution in [0.15, 0.2) is 36.5 Å². The Bertz CT molecular complexity index is 680. The molecule has 2 atom stereocenters. The maximum atomic E-state index is 11.4. The molecular formula is C17H20N2O3. The summed E-state index contributed by atoms with van der Waals surface area (Å²) in [6.45, 7) is 5.07. The lowest BCUT2D eigenvalue weighted by Gasteiger charge is -2.17. The van der Waals surface area contributed by atoms with E-state index in [1.165, 1.54) is 0 Å². The molecule has 0 bridgehead atoms. The zero-order chi connectivity index (χ0) is 15.7. The summed E-state index contributed by atoms with van der Waals surface area (Å²) < 4.78 is 7.76. The normalized spacial score (nSPS) is 23.3. The predicted molar refractivity (Wildman–Crippen MR) is 82.0 cm³/mol. The zero-order valence-electron chi connectivity index (χ0n) is 12.8. The van der Waals surface area contributed by atoms with Gasteiger partial charge in [-0.1, -0.05) is 30.3 Å². The number of aryl methyl sites for hydroxylation is 2. The van der Waals surface area contributed by atoms with Crippen LogP contribution in [0.1, 0.15) is 24.6 Å². The SMILES string of the molecule is CCn1cc(OC[C@@]2(c3ccccc3)C[C@H]2C(=O)O)c(C)n1. The maximum Gasteiger partial charge on any atom is 0.307 e. The van der Waals surface area contributed by atoms with Gasteiger partial charge in [0, 0.05) is 12.0 Å². The van der Waals surface area contributed by atoms with Gasteiger partial charge in [-0.05, 0) is 25.8 Å². The quantitative estimate of drug-likeness (QED) is 0.890. The number of hydrogen-bond donors (Lipinski definition) is 1. The molecule has 3 rings (SSSR count). The number of ether oxygens (including phenoxy) is 1. The molecule has 0 saturated heterocycles. The fourth-order valence-electron chi connectivity index (χ4n) is 2.97. The van der Waals surface area contributed by atoms with Crippen molar-refractivity contribution in [2.45, 2.75) is 32.2 Å². The van der Waals surface area contributed by atoms with Gasteiger partial charge in [0.2, 0.25) is 0 Å². The van der Waals surface area contributed by atoms with E-state index in [1.807, 2.05) is 55.1 Å². The summed E-state index contributed by atoms with van der Waals surface area (Å²) in [4.78, 5) is 11.4. The average molecular weight is 300 g/mol. The average Bonchev–Trinajstić information content (AvgIpc) is 3.17. The van der Waals surface area contributed by atoms with Crippen molar-refractivity contribution in [3.63, 3.8) is 0 Å². The van der Waals surface area contributed by atoms with Gasteiger partial charge in [-0.3, -0.25) is 9.48 Å². The van der Waals surface area contributed by atoms with Gasteiger partial charge in [0.05, 0.1) is 18.7 Å². The molecule has 1 saturated carbocycles. The molecule has 1 aliphatic rings. The number of benzene rings is 1. The Hall–Kier alpha value is -2.30. The molecule has 1 aliphatic carbocycles. The molecule has 0 unspecified atom stereocenters. The summed E-state index contributed by atoms with van der Waals surface area (Å²) in [5, 5.41) is 13.7. The Balaban J connectivity index is 1.81. The molecule has 1 aromatic carbocycles. The smallest absolute Gasteiger partial charge is 0.307 e. The fraction of sp³-hybridized carbons (Fsp3) is 0.412. The second-order valence-electron chi connectivity index (χ2n) is 5.84. The van der Waals surface area contributed by atoms with E-state index in [2.05, 4.69) is 5.10 Å². The van der Waals surface area contributed by atoms with Gasteiger partial charge in [-0.2, -0.15) is 5.10 Å². The van der Waals surface area contributed by atoms with Gasteiger partial charge >= 0.3 is 5.97 Å². The van der Waals surface area contributed by atoms with E-state index in [-0.39, 0.29) is 5.92 Å². The number of nitrogens with zero attached hydrogens (tertiary/aromatic N) is 2. The molecule has 0 spiro atoms. The number of carboxylic acid groups (broad SMARTS) is 1. The summed E-state index contributed by atoms with van der Waals surface area (Å²) in [5.41, 5.74) is 1.44. The minimum Gasteiger partial charge on any atom is -0.489 e. The van der Waals surface area contributed by atoms with Crippen LogP contribution in [0.25, 0.3) is 0 Å². The minimum atomic E-state index is -0.756. The van der Waals surface area contributed by atoms with E-state index in [1.54, 1.807) is 0 Å². The van der Waals surface area contributed by atoms with Gasteiger partial charge in [0.25, 0.3) is 0 Å². The molecule has 22 heavy (non-hydrogen) atoms. The Morgan fingerprint density at radius 3 is 2.73 bits per heavy atom. The summed E-state index contributed by atoms with van der Waals surface area (Å²) >= 11 is 0. The Morgan fingerprint density at radius 1 is 1.45 bits per heavy atom. The Kier molecular flexibility index (Phi) is 3.64.